The van der Waals surface area contributed by atoms with Crippen molar-refractivity contribution in [1.82, 2.24) is 0 Å². The highest BCUT2D eigenvalue weighted by Gasteiger charge is 2.28. The van der Waals surface area contributed by atoms with Crippen molar-refractivity contribution < 1.29 is 4.92 Å². The van der Waals surface area contributed by atoms with Gasteiger partial charge in [0.05, 0.1) is 4.92 Å². The van der Waals surface area contributed by atoms with Crippen LogP contribution in [0.15, 0.2) is 18.2 Å². The average Bonchev–Trinajstić information content (AvgIpc) is 2.13. The van der Waals surface area contributed by atoms with Crippen LogP contribution in [0.2, 0.25) is 5.02 Å². The monoisotopic (exact) mass is 240 g/mol. The molecular weight excluding hydrogens is 228 g/mol. The van der Waals surface area contributed by atoms with E-state index in [0.717, 1.165) is 12.8 Å². The highest BCUT2D eigenvalue weighted by molar-refractivity contribution is 6.33. The number of rotatable bonds is 3. The van der Waals surface area contributed by atoms with E-state index >= 15 is 0 Å². The molecule has 0 atom stereocenters. The van der Waals surface area contributed by atoms with Crippen LogP contribution in [-0.4, -0.2) is 18.0 Å². The van der Waals surface area contributed by atoms with Crippen molar-refractivity contribution in [3.63, 3.8) is 0 Å². The van der Waals surface area contributed by atoms with Crippen molar-refractivity contribution in [2.75, 3.05) is 11.9 Å². The van der Waals surface area contributed by atoms with E-state index in [9.17, 15) is 10.1 Å². The van der Waals surface area contributed by atoms with E-state index in [0.29, 0.717) is 11.7 Å². The number of nitrogens with zero attached hydrogens (tertiary/aromatic N) is 2. The van der Waals surface area contributed by atoms with Crippen molar-refractivity contribution in [3.8, 4) is 0 Å². The van der Waals surface area contributed by atoms with Gasteiger partial charge >= 0.3 is 5.69 Å². The minimum atomic E-state index is -0.410. The molecule has 5 heteroatoms. The molecule has 2 rings (SSSR count). The standard InChI is InChI=1S/C11H13ClN2O2/c1-13(8-4-2-5-8)10-7-3-6-9(12)11(10)14(15)16/h3,6-8H,2,4-5H2,1H3. The van der Waals surface area contributed by atoms with Crippen LogP contribution in [0.1, 0.15) is 19.3 Å². The molecular formula is C11H13ClN2O2. The molecule has 0 saturated heterocycles. The summed E-state index contributed by atoms with van der Waals surface area (Å²) in [5.41, 5.74) is 0.626. The average molecular weight is 241 g/mol. The summed E-state index contributed by atoms with van der Waals surface area (Å²) in [7, 11) is 1.89. The van der Waals surface area contributed by atoms with Gasteiger partial charge in [-0.1, -0.05) is 17.7 Å². The van der Waals surface area contributed by atoms with Gasteiger partial charge in [-0.15, -0.1) is 0 Å². The van der Waals surface area contributed by atoms with Crippen LogP contribution in [0.4, 0.5) is 11.4 Å². The van der Waals surface area contributed by atoms with Crippen molar-refractivity contribution in [1.29, 1.82) is 0 Å². The molecule has 1 fully saturated rings. The van der Waals surface area contributed by atoms with Gasteiger partial charge in [0.1, 0.15) is 10.7 Å². The molecule has 1 saturated carbocycles. The Morgan fingerprint density at radius 3 is 2.69 bits per heavy atom. The fraction of sp³-hybridized carbons (Fsp3) is 0.455. The van der Waals surface area contributed by atoms with Gasteiger partial charge in [0, 0.05) is 13.1 Å². The van der Waals surface area contributed by atoms with Gasteiger partial charge in [0.2, 0.25) is 0 Å². The van der Waals surface area contributed by atoms with Crippen LogP contribution in [-0.2, 0) is 0 Å². The van der Waals surface area contributed by atoms with Gasteiger partial charge in [-0.3, -0.25) is 10.1 Å². The van der Waals surface area contributed by atoms with Crippen LogP contribution in [0.25, 0.3) is 0 Å². The Kier molecular flexibility index (Phi) is 3.01. The predicted molar refractivity (Wildman–Crippen MR) is 64.1 cm³/mol. The second kappa shape index (κ2) is 4.29. The van der Waals surface area contributed by atoms with Gasteiger partial charge in [-0.05, 0) is 31.4 Å². The Bertz CT molecular complexity index is 418. The number of nitro groups is 1. The molecule has 0 spiro atoms. The molecule has 1 aromatic carbocycles. The van der Waals surface area contributed by atoms with Crippen molar-refractivity contribution in [3.05, 3.63) is 33.3 Å². The first kappa shape index (κ1) is 11.2. The lowest BCUT2D eigenvalue weighted by molar-refractivity contribution is -0.384. The molecule has 0 bridgehead atoms. The minimum Gasteiger partial charge on any atom is -0.366 e. The zero-order valence-corrected chi connectivity index (χ0v) is 9.78. The van der Waals surface area contributed by atoms with Crippen LogP contribution >= 0.6 is 11.6 Å². The van der Waals surface area contributed by atoms with Crippen LogP contribution in [0.3, 0.4) is 0 Å². The van der Waals surface area contributed by atoms with Crippen molar-refractivity contribution >= 4 is 23.0 Å². The number of halogens is 1. The SMILES string of the molecule is CN(c1cccc(Cl)c1[N+](=O)[O-])C1CCC1. The Hall–Kier alpha value is -1.29. The lowest BCUT2D eigenvalue weighted by Gasteiger charge is -2.36. The second-order valence-electron chi connectivity index (χ2n) is 4.06. The number of para-hydroxylation sites is 1. The molecule has 1 aromatic rings. The predicted octanol–water partition coefficient (Wildman–Crippen LogP) is 3.24. The third-order valence-electron chi connectivity index (χ3n) is 3.15. The van der Waals surface area contributed by atoms with Gasteiger partial charge in [-0.25, -0.2) is 0 Å². The van der Waals surface area contributed by atoms with Gasteiger partial charge in [-0.2, -0.15) is 0 Å². The third kappa shape index (κ3) is 1.85. The highest BCUT2D eigenvalue weighted by Crippen LogP contribution is 2.38. The quantitative estimate of drug-likeness (QED) is 0.602. The smallest absolute Gasteiger partial charge is 0.310 e. The summed E-state index contributed by atoms with van der Waals surface area (Å²) in [6.45, 7) is 0. The summed E-state index contributed by atoms with van der Waals surface area (Å²) in [5.74, 6) is 0. The van der Waals surface area contributed by atoms with Crippen molar-refractivity contribution in [2.45, 2.75) is 25.3 Å². The number of benzene rings is 1. The molecule has 0 unspecified atom stereocenters. The zero-order chi connectivity index (χ0) is 11.7. The normalized spacial score (nSPS) is 15.6. The molecule has 86 valence electrons. The van der Waals surface area contributed by atoms with E-state index in [-0.39, 0.29) is 10.7 Å². The fourth-order valence-electron chi connectivity index (χ4n) is 1.94. The molecule has 0 aromatic heterocycles. The first-order valence-corrected chi connectivity index (χ1v) is 5.65. The maximum Gasteiger partial charge on any atom is 0.310 e. The topological polar surface area (TPSA) is 46.4 Å². The molecule has 4 nitrogen and oxygen atoms in total. The molecule has 0 N–H and O–H groups in total. The van der Waals surface area contributed by atoms with Gasteiger partial charge in [0.25, 0.3) is 0 Å². The third-order valence-corrected chi connectivity index (χ3v) is 3.46. The van der Waals surface area contributed by atoms with E-state index < -0.39 is 4.92 Å². The largest absolute Gasteiger partial charge is 0.366 e. The summed E-state index contributed by atoms with van der Waals surface area (Å²) in [6, 6.07) is 5.47. The molecule has 0 radical (unpaired) electrons. The highest BCUT2D eigenvalue weighted by atomic mass is 35.5. The number of anilines is 1. The molecule has 0 aliphatic heterocycles. The summed E-state index contributed by atoms with van der Waals surface area (Å²) >= 11 is 5.87. The Labute approximate surface area is 99.0 Å². The second-order valence-corrected chi connectivity index (χ2v) is 4.47. The summed E-state index contributed by atoms with van der Waals surface area (Å²) in [4.78, 5) is 12.5. The van der Waals surface area contributed by atoms with Gasteiger partial charge < -0.3 is 4.90 Å². The van der Waals surface area contributed by atoms with Crippen LogP contribution < -0.4 is 4.90 Å². The first-order chi connectivity index (χ1) is 7.61. The number of hydrogen-bond donors (Lipinski definition) is 0. The molecule has 1 aliphatic rings. The lowest BCUT2D eigenvalue weighted by atomic mass is 9.91. The molecule has 0 amide bonds. The van der Waals surface area contributed by atoms with Crippen molar-refractivity contribution in [2.24, 2.45) is 0 Å². The van der Waals surface area contributed by atoms with Gasteiger partial charge in [0.15, 0.2) is 0 Å². The van der Waals surface area contributed by atoms with Crippen LogP contribution in [0.5, 0.6) is 0 Å². The van der Waals surface area contributed by atoms with Crippen LogP contribution in [0, 0.1) is 10.1 Å². The Morgan fingerprint density at radius 2 is 2.19 bits per heavy atom. The Morgan fingerprint density at radius 1 is 1.50 bits per heavy atom. The van der Waals surface area contributed by atoms with E-state index in [1.807, 2.05) is 11.9 Å². The zero-order valence-electron chi connectivity index (χ0n) is 9.02. The van der Waals surface area contributed by atoms with E-state index in [1.165, 1.54) is 6.42 Å². The summed E-state index contributed by atoms with van der Waals surface area (Å²) in [6.07, 6.45) is 3.39. The lowest BCUT2D eigenvalue weighted by Crippen LogP contribution is -2.37. The van der Waals surface area contributed by atoms with E-state index in [4.69, 9.17) is 11.6 Å². The Balaban J connectivity index is 2.38. The maximum atomic E-state index is 11.0. The maximum absolute atomic E-state index is 11.0. The minimum absolute atomic E-state index is 0.0126. The summed E-state index contributed by atoms with van der Waals surface area (Å²) in [5, 5.41) is 11.2. The first-order valence-electron chi connectivity index (χ1n) is 5.27. The summed E-state index contributed by atoms with van der Waals surface area (Å²) < 4.78 is 0. The number of hydrogen-bond acceptors (Lipinski definition) is 3. The molecule has 1 aliphatic carbocycles. The van der Waals surface area contributed by atoms with E-state index in [1.54, 1.807) is 18.2 Å². The molecule has 0 heterocycles. The fourth-order valence-corrected chi connectivity index (χ4v) is 2.18. The molecule has 16 heavy (non-hydrogen) atoms. The number of nitro benzene ring substituents is 1. The van der Waals surface area contributed by atoms with E-state index in [2.05, 4.69) is 0 Å².